The third-order valence-electron chi connectivity index (χ3n) is 3.85. The lowest BCUT2D eigenvalue weighted by Gasteiger charge is -2.10. The van der Waals surface area contributed by atoms with Crippen LogP contribution in [-0.2, 0) is 9.59 Å². The number of amidine groups is 1. The van der Waals surface area contributed by atoms with Gasteiger partial charge in [0.2, 0.25) is 11.8 Å². The summed E-state index contributed by atoms with van der Waals surface area (Å²) in [6.07, 6.45) is 0.0822. The Bertz CT molecular complexity index is 839. The smallest absolute Gasteiger partial charge is 0.242 e. The number of aliphatic imine (C=N–C) groups is 1. The van der Waals surface area contributed by atoms with Crippen LogP contribution in [0.1, 0.15) is 6.42 Å². The summed E-state index contributed by atoms with van der Waals surface area (Å²) in [5.41, 5.74) is 1.41. The zero-order valence-corrected chi connectivity index (χ0v) is 15.3. The highest BCUT2D eigenvalue weighted by molar-refractivity contribution is 8.15. The van der Waals surface area contributed by atoms with Crippen LogP contribution in [0.5, 0.6) is 5.75 Å². The average Bonchev–Trinajstić information content (AvgIpc) is 2.90. The summed E-state index contributed by atoms with van der Waals surface area (Å²) >= 11 is 1.31. The van der Waals surface area contributed by atoms with Gasteiger partial charge in [-0.1, -0.05) is 36.0 Å². The Morgan fingerprint density at radius 1 is 1.23 bits per heavy atom. The number of nitrogens with zero attached hydrogens (tertiary/aromatic N) is 2. The first-order valence-electron chi connectivity index (χ1n) is 8.08. The van der Waals surface area contributed by atoms with Gasteiger partial charge in [0.1, 0.15) is 11.0 Å². The maximum Gasteiger partial charge on any atom is 0.242 e. The molecule has 0 spiro atoms. The molecule has 2 aromatic carbocycles. The highest BCUT2D eigenvalue weighted by Gasteiger charge is 2.36. The van der Waals surface area contributed by atoms with E-state index in [4.69, 9.17) is 4.74 Å². The Kier molecular flexibility index (Phi) is 5.58. The lowest BCUT2D eigenvalue weighted by molar-refractivity contribution is -0.127. The van der Waals surface area contributed by atoms with Crippen molar-refractivity contribution in [3.63, 3.8) is 0 Å². The van der Waals surface area contributed by atoms with Gasteiger partial charge in [0.25, 0.3) is 0 Å². The molecular weight excluding hydrogens is 350 g/mol. The summed E-state index contributed by atoms with van der Waals surface area (Å²) in [5.74, 6) is 0.315. The fourth-order valence-electron chi connectivity index (χ4n) is 2.49. The van der Waals surface area contributed by atoms with Crippen LogP contribution in [0.4, 0.5) is 11.4 Å². The highest BCUT2D eigenvalue weighted by Crippen LogP contribution is 2.30. The van der Waals surface area contributed by atoms with E-state index in [9.17, 15) is 9.59 Å². The fraction of sp³-hybridized carbons (Fsp3) is 0.211. The van der Waals surface area contributed by atoms with E-state index < -0.39 is 5.25 Å². The highest BCUT2D eigenvalue weighted by atomic mass is 32.2. The van der Waals surface area contributed by atoms with Crippen LogP contribution < -0.4 is 10.1 Å². The number of methoxy groups -OCH3 is 1. The third kappa shape index (κ3) is 4.23. The molecule has 1 heterocycles. The van der Waals surface area contributed by atoms with Crippen molar-refractivity contribution < 1.29 is 14.3 Å². The third-order valence-corrected chi connectivity index (χ3v) is 5.07. The van der Waals surface area contributed by atoms with Gasteiger partial charge in [-0.05, 0) is 24.3 Å². The van der Waals surface area contributed by atoms with Crippen LogP contribution in [0.25, 0.3) is 0 Å². The monoisotopic (exact) mass is 369 g/mol. The predicted molar refractivity (Wildman–Crippen MR) is 104 cm³/mol. The van der Waals surface area contributed by atoms with E-state index in [1.54, 1.807) is 38.4 Å². The molecule has 0 unspecified atom stereocenters. The summed E-state index contributed by atoms with van der Waals surface area (Å²) in [6.45, 7) is 0. The zero-order chi connectivity index (χ0) is 18.5. The lowest BCUT2D eigenvalue weighted by atomic mass is 10.2. The Hall–Kier alpha value is -2.80. The summed E-state index contributed by atoms with van der Waals surface area (Å²) in [4.78, 5) is 30.7. The van der Waals surface area contributed by atoms with E-state index in [0.717, 1.165) is 5.69 Å². The number of ether oxygens (including phenoxy) is 1. The largest absolute Gasteiger partial charge is 0.497 e. The van der Waals surface area contributed by atoms with Gasteiger partial charge in [-0.2, -0.15) is 0 Å². The minimum atomic E-state index is -0.479. The van der Waals surface area contributed by atoms with E-state index in [2.05, 4.69) is 10.3 Å². The number of nitrogens with one attached hydrogen (secondary N) is 1. The second-order valence-corrected chi connectivity index (χ2v) is 6.89. The standard InChI is InChI=1S/C19H19N3O3S/c1-22-18(24)16(26-19(22)21-13-7-4-3-5-8-13)12-17(23)20-14-9-6-10-15(11-14)25-2/h3-11,16H,12H2,1-2H3,(H,20,23)/t16-/m0/s1. The molecule has 6 nitrogen and oxygen atoms in total. The molecule has 2 aromatic rings. The number of hydrogen-bond acceptors (Lipinski definition) is 5. The number of anilines is 1. The molecule has 1 aliphatic heterocycles. The van der Waals surface area contributed by atoms with Crippen molar-refractivity contribution in [2.75, 3.05) is 19.5 Å². The Labute approximate surface area is 156 Å². The van der Waals surface area contributed by atoms with Crippen LogP contribution in [0.2, 0.25) is 0 Å². The van der Waals surface area contributed by atoms with E-state index in [-0.39, 0.29) is 18.2 Å². The molecule has 1 saturated heterocycles. The maximum absolute atomic E-state index is 12.4. The summed E-state index contributed by atoms with van der Waals surface area (Å²) in [5, 5.41) is 2.92. The summed E-state index contributed by atoms with van der Waals surface area (Å²) < 4.78 is 5.14. The van der Waals surface area contributed by atoms with Gasteiger partial charge in [-0.15, -0.1) is 0 Å². The van der Waals surface area contributed by atoms with Crippen molar-refractivity contribution in [3.05, 3.63) is 54.6 Å². The van der Waals surface area contributed by atoms with Gasteiger partial charge in [0, 0.05) is 25.2 Å². The van der Waals surface area contributed by atoms with Crippen LogP contribution in [0, 0.1) is 0 Å². The van der Waals surface area contributed by atoms with Crippen LogP contribution >= 0.6 is 11.8 Å². The van der Waals surface area contributed by atoms with Crippen molar-refractivity contribution in [1.82, 2.24) is 4.90 Å². The maximum atomic E-state index is 12.4. The van der Waals surface area contributed by atoms with Gasteiger partial charge in [-0.25, -0.2) is 4.99 Å². The summed E-state index contributed by atoms with van der Waals surface area (Å²) in [6, 6.07) is 16.5. The molecule has 1 aliphatic rings. The first-order valence-corrected chi connectivity index (χ1v) is 8.96. The van der Waals surface area contributed by atoms with Crippen molar-refractivity contribution in [3.8, 4) is 5.75 Å². The second kappa shape index (κ2) is 8.05. The molecule has 0 aliphatic carbocycles. The molecule has 0 bridgehead atoms. The molecule has 7 heteroatoms. The van der Waals surface area contributed by atoms with E-state index >= 15 is 0 Å². The predicted octanol–water partition coefficient (Wildman–Crippen LogP) is 3.29. The SMILES string of the molecule is COc1cccc(NC(=O)C[C@@H]2SC(=Nc3ccccc3)N(C)C2=O)c1. The minimum Gasteiger partial charge on any atom is -0.497 e. The second-order valence-electron chi connectivity index (χ2n) is 5.72. The van der Waals surface area contributed by atoms with Crippen molar-refractivity contribution >= 4 is 40.1 Å². The van der Waals surface area contributed by atoms with Crippen molar-refractivity contribution in [2.45, 2.75) is 11.7 Å². The average molecular weight is 369 g/mol. The number of carbonyl (C=O) groups excluding carboxylic acids is 2. The normalized spacial score (nSPS) is 18.2. The molecule has 2 amide bonds. The first-order chi connectivity index (χ1) is 12.6. The van der Waals surface area contributed by atoms with Gasteiger partial charge in [-0.3, -0.25) is 14.5 Å². The van der Waals surface area contributed by atoms with Crippen LogP contribution in [0.3, 0.4) is 0 Å². The molecule has 26 heavy (non-hydrogen) atoms. The Morgan fingerprint density at radius 2 is 2.00 bits per heavy atom. The van der Waals surface area contributed by atoms with Gasteiger partial charge in [0.15, 0.2) is 5.17 Å². The molecule has 0 radical (unpaired) electrons. The van der Waals surface area contributed by atoms with Crippen LogP contribution in [0.15, 0.2) is 59.6 Å². The minimum absolute atomic E-state index is 0.0822. The Balaban J connectivity index is 1.65. The number of thioether (sulfide) groups is 1. The number of rotatable bonds is 5. The molecular formula is C19H19N3O3S. The number of carbonyl (C=O) groups is 2. The molecule has 134 valence electrons. The van der Waals surface area contributed by atoms with Crippen LogP contribution in [-0.4, -0.2) is 41.3 Å². The van der Waals surface area contributed by atoms with Gasteiger partial charge in [0.05, 0.1) is 12.8 Å². The van der Waals surface area contributed by atoms with E-state index in [1.165, 1.54) is 16.7 Å². The number of hydrogen-bond donors (Lipinski definition) is 1. The Morgan fingerprint density at radius 3 is 2.73 bits per heavy atom. The summed E-state index contributed by atoms with van der Waals surface area (Å²) in [7, 11) is 3.25. The number of amides is 2. The first kappa shape index (κ1) is 18.0. The topological polar surface area (TPSA) is 71.0 Å². The van der Waals surface area contributed by atoms with Crippen molar-refractivity contribution in [1.29, 1.82) is 0 Å². The van der Waals surface area contributed by atoms with Gasteiger partial charge >= 0.3 is 0 Å². The van der Waals surface area contributed by atoms with Gasteiger partial charge < -0.3 is 10.1 Å². The number of benzene rings is 2. The van der Waals surface area contributed by atoms with Crippen molar-refractivity contribution in [2.24, 2.45) is 4.99 Å². The molecule has 1 atom stereocenters. The van der Waals surface area contributed by atoms with E-state index in [1.807, 2.05) is 30.3 Å². The molecule has 3 rings (SSSR count). The fourth-order valence-corrected chi connectivity index (χ4v) is 3.65. The number of para-hydroxylation sites is 1. The lowest BCUT2D eigenvalue weighted by Crippen LogP contribution is -2.30. The molecule has 1 N–H and O–H groups in total. The molecule has 0 saturated carbocycles. The zero-order valence-electron chi connectivity index (χ0n) is 14.5. The molecule has 1 fully saturated rings. The quantitative estimate of drug-likeness (QED) is 0.878. The van der Waals surface area contributed by atoms with E-state index in [0.29, 0.717) is 16.6 Å². The molecule has 0 aromatic heterocycles.